The van der Waals surface area contributed by atoms with Crippen molar-refractivity contribution in [3.8, 4) is 39.3 Å². The van der Waals surface area contributed by atoms with E-state index in [1.165, 1.54) is 5.39 Å². The highest BCUT2D eigenvalue weighted by molar-refractivity contribution is 6.13. The van der Waals surface area contributed by atoms with Gasteiger partial charge >= 0.3 is 0 Å². The van der Waals surface area contributed by atoms with Crippen LogP contribution >= 0.6 is 0 Å². The van der Waals surface area contributed by atoms with Crippen molar-refractivity contribution in [3.05, 3.63) is 252 Å². The van der Waals surface area contributed by atoms with Gasteiger partial charge in [-0.05, 0) is 145 Å². The molecule has 5 heterocycles. The number of para-hydroxylation sites is 3. The fourth-order valence-electron chi connectivity index (χ4n) is 11.7. The van der Waals surface area contributed by atoms with E-state index in [1.807, 2.05) is 48.8 Å². The molecular formula is C69H47N3O3. The summed E-state index contributed by atoms with van der Waals surface area (Å²) in [5, 5.41) is 8.86. The predicted molar refractivity (Wildman–Crippen MR) is 315 cm³/mol. The van der Waals surface area contributed by atoms with E-state index >= 15 is 0 Å². The molecule has 0 saturated heterocycles. The Hall–Kier alpha value is -9.91. The van der Waals surface area contributed by atoms with Gasteiger partial charge in [0.25, 0.3) is 5.56 Å². The maximum atomic E-state index is 14.7. The van der Waals surface area contributed by atoms with E-state index in [4.69, 9.17) is 8.83 Å². The molecule has 0 unspecified atom stereocenters. The van der Waals surface area contributed by atoms with Crippen LogP contribution in [-0.4, -0.2) is 13.7 Å². The Labute approximate surface area is 431 Å². The number of aryl methyl sites for hydroxylation is 1. The lowest BCUT2D eigenvalue weighted by molar-refractivity contribution is 0.577. The quantitative estimate of drug-likeness (QED) is 0.135. The van der Waals surface area contributed by atoms with Crippen LogP contribution in [0.15, 0.2) is 233 Å². The summed E-state index contributed by atoms with van der Waals surface area (Å²) in [6.07, 6.45) is 11.5. The Morgan fingerprint density at radius 2 is 0.893 bits per heavy atom. The first kappa shape index (κ1) is 43.8. The molecule has 0 atom stereocenters. The molecule has 0 spiro atoms. The molecule has 0 fully saturated rings. The zero-order valence-corrected chi connectivity index (χ0v) is 41.3. The maximum Gasteiger partial charge on any atom is 0.263 e. The molecule has 6 heteroatoms. The lowest BCUT2D eigenvalue weighted by Gasteiger charge is -2.17. The van der Waals surface area contributed by atoms with Crippen molar-refractivity contribution in [3.63, 3.8) is 0 Å². The number of aromatic nitrogens is 3. The second-order valence-electron chi connectivity index (χ2n) is 19.2. The standard InChI is InChI=1S/C69H47N3O3/c1-5-8-16-51-42(4)74-67-35-30-48(40-59(51)67)70-62-21-13-10-18-54(62)58-39-46(26-33-64(58)70)45-27-34-65-56(38-45)52(15-6-2)50(7-3)69(73)72(65)47-28-23-43(24-29-47)44-25-32-63-57(37-44)53-17-9-12-20-61(53)71(63)49-31-36-68-60(41-49)55-19-11-14-22-66(55)75-68/h5-41H,1,3H2,2,4H3/b15-6-,16-8-. The predicted octanol–water partition coefficient (Wildman–Crippen LogP) is 18.3. The third kappa shape index (κ3) is 6.77. The van der Waals surface area contributed by atoms with E-state index in [2.05, 4.69) is 204 Å². The highest BCUT2D eigenvalue weighted by Crippen LogP contribution is 2.40. The molecular weight excluding hydrogens is 919 g/mol. The zero-order chi connectivity index (χ0) is 50.5. The Morgan fingerprint density at radius 1 is 0.400 bits per heavy atom. The highest BCUT2D eigenvalue weighted by Gasteiger charge is 2.20. The number of fused-ring (bicyclic) bond motifs is 11. The van der Waals surface area contributed by atoms with Crippen molar-refractivity contribution >= 4 is 106 Å². The fourth-order valence-corrected chi connectivity index (χ4v) is 11.7. The van der Waals surface area contributed by atoms with Gasteiger partial charge in [-0.2, -0.15) is 0 Å². The number of nitrogens with zero attached hydrogens (tertiary/aromatic N) is 3. The molecule has 9 aromatic carbocycles. The first-order valence-corrected chi connectivity index (χ1v) is 25.3. The minimum Gasteiger partial charge on any atom is -0.461 e. The van der Waals surface area contributed by atoms with Crippen LogP contribution in [-0.2, 0) is 0 Å². The van der Waals surface area contributed by atoms with E-state index in [1.54, 1.807) is 12.2 Å². The molecule has 6 nitrogen and oxygen atoms in total. The second-order valence-corrected chi connectivity index (χ2v) is 19.2. The Balaban J connectivity index is 0.855. The van der Waals surface area contributed by atoms with Gasteiger partial charge in [0, 0.05) is 71.3 Å². The summed E-state index contributed by atoms with van der Waals surface area (Å²) in [6.45, 7) is 12.0. The Morgan fingerprint density at radius 3 is 1.51 bits per heavy atom. The molecule has 0 aliphatic carbocycles. The summed E-state index contributed by atoms with van der Waals surface area (Å²) in [7, 11) is 0. The van der Waals surface area contributed by atoms with Crippen LogP contribution in [0.4, 0.5) is 0 Å². The van der Waals surface area contributed by atoms with Gasteiger partial charge in [-0.3, -0.25) is 9.36 Å². The van der Waals surface area contributed by atoms with Crippen molar-refractivity contribution in [2.75, 3.05) is 0 Å². The SMILES string of the molecule is C=C/C=C\c1c(C)oc2ccc(-n3c4ccccc4c4cc(-c5ccc6c(c5)c(/C=C\C)c(C=C)c(=O)n6-c5ccc(-c6ccc7c(c6)c6ccccc6n7-c6ccc7oc8ccccc8c7c6)cc5)ccc43)cc12. The third-order valence-electron chi connectivity index (χ3n) is 15.1. The molecule has 356 valence electrons. The molecule has 0 saturated carbocycles. The van der Waals surface area contributed by atoms with Gasteiger partial charge in [0.15, 0.2) is 0 Å². The molecule has 0 aliphatic heterocycles. The lowest BCUT2D eigenvalue weighted by Crippen LogP contribution is -2.22. The Bertz CT molecular complexity index is 4850. The van der Waals surface area contributed by atoms with E-state index in [0.29, 0.717) is 5.56 Å². The third-order valence-corrected chi connectivity index (χ3v) is 15.1. The summed E-state index contributed by atoms with van der Waals surface area (Å²) in [6, 6.07) is 66.5. The van der Waals surface area contributed by atoms with Gasteiger partial charge in [-0.25, -0.2) is 0 Å². The smallest absolute Gasteiger partial charge is 0.263 e. The van der Waals surface area contributed by atoms with Gasteiger partial charge in [-0.1, -0.05) is 135 Å². The van der Waals surface area contributed by atoms with Gasteiger partial charge < -0.3 is 18.0 Å². The van der Waals surface area contributed by atoms with E-state index in [9.17, 15) is 4.79 Å². The number of allylic oxidation sites excluding steroid dienone is 3. The van der Waals surface area contributed by atoms with Crippen LogP contribution < -0.4 is 5.56 Å². The number of furan rings is 2. The molecule has 75 heavy (non-hydrogen) atoms. The first-order valence-electron chi connectivity index (χ1n) is 25.3. The van der Waals surface area contributed by atoms with Crippen LogP contribution in [0.2, 0.25) is 0 Å². The average Bonchev–Trinajstić information content (AvgIpc) is 4.19. The molecule has 0 aliphatic rings. The van der Waals surface area contributed by atoms with E-state index in [0.717, 1.165) is 138 Å². The van der Waals surface area contributed by atoms with Crippen molar-refractivity contribution in [2.45, 2.75) is 13.8 Å². The summed E-state index contributed by atoms with van der Waals surface area (Å²) < 4.78 is 18.9. The number of benzene rings is 9. The summed E-state index contributed by atoms with van der Waals surface area (Å²) in [5.74, 6) is 0.872. The summed E-state index contributed by atoms with van der Waals surface area (Å²) in [4.78, 5) is 14.7. The van der Waals surface area contributed by atoms with Gasteiger partial charge in [0.1, 0.15) is 22.5 Å². The Kier molecular flexibility index (Phi) is 10.0. The van der Waals surface area contributed by atoms with Crippen molar-refractivity contribution in [1.29, 1.82) is 0 Å². The average molecular weight is 966 g/mol. The van der Waals surface area contributed by atoms with Crippen LogP contribution in [0.3, 0.4) is 0 Å². The summed E-state index contributed by atoms with van der Waals surface area (Å²) >= 11 is 0. The second kappa shape index (κ2) is 17.1. The molecule has 0 bridgehead atoms. The van der Waals surface area contributed by atoms with Crippen molar-refractivity contribution < 1.29 is 8.83 Å². The monoisotopic (exact) mass is 965 g/mol. The highest BCUT2D eigenvalue weighted by atomic mass is 16.3. The van der Waals surface area contributed by atoms with Crippen LogP contribution in [0.25, 0.3) is 145 Å². The zero-order valence-electron chi connectivity index (χ0n) is 41.3. The molecule has 0 N–H and O–H groups in total. The summed E-state index contributed by atoms with van der Waals surface area (Å²) in [5.41, 5.74) is 17.4. The lowest BCUT2D eigenvalue weighted by atomic mass is 9.96. The fraction of sp³-hybridized carbons (Fsp3) is 0.0290. The number of pyridine rings is 1. The molecule has 5 aromatic heterocycles. The van der Waals surface area contributed by atoms with Crippen molar-refractivity contribution in [2.24, 2.45) is 0 Å². The van der Waals surface area contributed by atoms with Crippen LogP contribution in [0, 0.1) is 6.92 Å². The van der Waals surface area contributed by atoms with E-state index in [-0.39, 0.29) is 5.56 Å². The minimum atomic E-state index is -0.121. The number of rotatable bonds is 9. The molecule has 0 amide bonds. The first-order chi connectivity index (χ1) is 36.9. The van der Waals surface area contributed by atoms with Crippen molar-refractivity contribution in [1.82, 2.24) is 13.7 Å². The number of hydrogen-bond acceptors (Lipinski definition) is 3. The molecule has 14 aromatic rings. The molecule has 0 radical (unpaired) electrons. The maximum absolute atomic E-state index is 14.7. The topological polar surface area (TPSA) is 58.1 Å². The van der Waals surface area contributed by atoms with Gasteiger partial charge in [-0.15, -0.1) is 0 Å². The van der Waals surface area contributed by atoms with E-state index < -0.39 is 0 Å². The van der Waals surface area contributed by atoms with Gasteiger partial charge in [0.2, 0.25) is 0 Å². The normalized spacial score (nSPS) is 12.2. The minimum absolute atomic E-state index is 0.121. The number of hydrogen-bond donors (Lipinski definition) is 0. The largest absolute Gasteiger partial charge is 0.461 e. The molecule has 14 rings (SSSR count). The van der Waals surface area contributed by atoms with Crippen LogP contribution in [0.1, 0.15) is 29.4 Å². The van der Waals surface area contributed by atoms with Gasteiger partial charge in [0.05, 0.1) is 27.6 Å². The van der Waals surface area contributed by atoms with Crippen LogP contribution in [0.5, 0.6) is 0 Å².